The maximum atomic E-state index is 12.7. The van der Waals surface area contributed by atoms with Gasteiger partial charge in [0.15, 0.2) is 5.78 Å². The summed E-state index contributed by atoms with van der Waals surface area (Å²) in [5, 5.41) is 8.88. The van der Waals surface area contributed by atoms with Crippen molar-refractivity contribution in [2.24, 2.45) is 5.73 Å². The Morgan fingerprint density at radius 3 is 2.22 bits per heavy atom. The van der Waals surface area contributed by atoms with Gasteiger partial charge in [-0.15, -0.1) is 0 Å². The van der Waals surface area contributed by atoms with Gasteiger partial charge in [-0.1, -0.05) is 0 Å². The summed E-state index contributed by atoms with van der Waals surface area (Å²) in [7, 11) is 1.60. The van der Waals surface area contributed by atoms with Gasteiger partial charge < -0.3 is 24.8 Å². The average molecular weight is 508 g/mol. The largest absolute Gasteiger partial charge is 0.497 e. The van der Waals surface area contributed by atoms with Crippen molar-refractivity contribution in [3.05, 3.63) is 59.7 Å². The second kappa shape index (κ2) is 12.5. The van der Waals surface area contributed by atoms with E-state index >= 15 is 0 Å². The van der Waals surface area contributed by atoms with Gasteiger partial charge in [0.25, 0.3) is 0 Å². The first kappa shape index (κ1) is 26.4. The number of amides is 2. The lowest BCUT2D eigenvalue weighted by molar-refractivity contribution is -0.136. The maximum Gasteiger partial charge on any atom is 0.314 e. The molecular weight excluding hydrogens is 474 g/mol. The van der Waals surface area contributed by atoms with Crippen molar-refractivity contribution in [3.63, 3.8) is 0 Å². The van der Waals surface area contributed by atoms with Crippen LogP contribution in [-0.2, 0) is 4.74 Å². The molecule has 2 heterocycles. The number of hydrogen-bond donors (Lipinski definition) is 1. The third-order valence-electron chi connectivity index (χ3n) is 6.62. The van der Waals surface area contributed by atoms with Gasteiger partial charge in [0.2, 0.25) is 0 Å². The van der Waals surface area contributed by atoms with Crippen molar-refractivity contribution in [2.75, 3.05) is 66.1 Å². The Hall–Kier alpha value is -3.65. The van der Waals surface area contributed by atoms with E-state index in [1.807, 2.05) is 0 Å². The minimum absolute atomic E-state index is 0.0120. The van der Waals surface area contributed by atoms with E-state index in [9.17, 15) is 9.59 Å². The molecule has 2 N–H and O–H groups in total. The number of hydrogen-bond acceptors (Lipinski definition) is 8. The molecule has 2 aromatic rings. The van der Waals surface area contributed by atoms with E-state index in [1.165, 1.54) is 0 Å². The summed E-state index contributed by atoms with van der Waals surface area (Å²) in [4.78, 5) is 30.7. The lowest BCUT2D eigenvalue weighted by atomic mass is 10.1. The SMILES string of the molecule is COc1ccc(C(=O)CN2CC3CN(CCN(CCOc4ccc(C#N)cc4)C(N)=O)CC(C2)O3)cc1. The zero-order chi connectivity index (χ0) is 26.2. The van der Waals surface area contributed by atoms with Gasteiger partial charge >= 0.3 is 6.03 Å². The molecule has 10 heteroatoms. The molecule has 0 aromatic heterocycles. The molecule has 0 aliphatic carbocycles. The van der Waals surface area contributed by atoms with Crippen LogP contribution in [0.3, 0.4) is 0 Å². The van der Waals surface area contributed by atoms with Crippen LogP contribution in [-0.4, -0.2) is 105 Å². The van der Waals surface area contributed by atoms with Crippen LogP contribution in [0, 0.1) is 11.3 Å². The summed E-state index contributed by atoms with van der Waals surface area (Å²) in [6, 6.07) is 15.6. The second-order valence-corrected chi connectivity index (χ2v) is 9.30. The Morgan fingerprint density at radius 1 is 1.00 bits per heavy atom. The number of nitrogens with zero attached hydrogens (tertiary/aromatic N) is 4. The van der Waals surface area contributed by atoms with Crippen LogP contribution in [0.4, 0.5) is 4.79 Å². The summed E-state index contributed by atoms with van der Waals surface area (Å²) in [6.07, 6.45) is 0.0239. The third-order valence-corrected chi connectivity index (χ3v) is 6.62. The highest BCUT2D eigenvalue weighted by Crippen LogP contribution is 2.20. The van der Waals surface area contributed by atoms with Crippen LogP contribution in [0.15, 0.2) is 48.5 Å². The number of carbonyl (C=O) groups excluding carboxylic acids is 2. The van der Waals surface area contributed by atoms with Crippen molar-refractivity contribution in [1.29, 1.82) is 5.26 Å². The van der Waals surface area contributed by atoms with E-state index < -0.39 is 6.03 Å². The fourth-order valence-electron chi connectivity index (χ4n) is 4.74. The number of rotatable bonds is 11. The lowest BCUT2D eigenvalue weighted by Gasteiger charge is -2.46. The third kappa shape index (κ3) is 7.43. The number of nitrogens with two attached hydrogens (primary N) is 1. The normalized spacial score (nSPS) is 19.6. The number of ketones is 1. The predicted octanol–water partition coefficient (Wildman–Crippen LogP) is 1.59. The first-order valence-electron chi connectivity index (χ1n) is 12.4. The number of morpholine rings is 2. The molecule has 2 atom stereocenters. The monoisotopic (exact) mass is 507 g/mol. The molecule has 2 bridgehead atoms. The van der Waals surface area contributed by atoms with Crippen molar-refractivity contribution in [2.45, 2.75) is 12.2 Å². The number of primary amides is 1. The first-order valence-corrected chi connectivity index (χ1v) is 12.4. The van der Waals surface area contributed by atoms with Gasteiger partial charge in [-0.2, -0.15) is 5.26 Å². The Kier molecular flexibility index (Phi) is 8.95. The highest BCUT2D eigenvalue weighted by Gasteiger charge is 2.35. The molecule has 2 unspecified atom stereocenters. The van der Waals surface area contributed by atoms with E-state index in [0.29, 0.717) is 62.8 Å². The van der Waals surface area contributed by atoms with Gasteiger partial charge in [0.1, 0.15) is 18.1 Å². The molecule has 2 saturated heterocycles. The number of carbonyl (C=O) groups is 2. The summed E-state index contributed by atoms with van der Waals surface area (Å²) in [6.45, 7) is 5.05. The number of urea groups is 1. The predicted molar refractivity (Wildman–Crippen MR) is 137 cm³/mol. The highest BCUT2D eigenvalue weighted by molar-refractivity contribution is 5.97. The fraction of sp³-hybridized carbons (Fsp3) is 0.444. The van der Waals surface area contributed by atoms with Crippen LogP contribution in [0.25, 0.3) is 0 Å². The minimum atomic E-state index is -0.486. The zero-order valence-electron chi connectivity index (χ0n) is 21.0. The topological polar surface area (TPSA) is 121 Å². The molecule has 2 fully saturated rings. The maximum absolute atomic E-state index is 12.7. The van der Waals surface area contributed by atoms with E-state index in [-0.39, 0.29) is 18.0 Å². The molecule has 4 rings (SSSR count). The fourth-order valence-corrected chi connectivity index (χ4v) is 4.74. The van der Waals surface area contributed by atoms with Crippen LogP contribution in [0.5, 0.6) is 11.5 Å². The average Bonchev–Trinajstić information content (AvgIpc) is 2.90. The van der Waals surface area contributed by atoms with Crippen molar-refractivity contribution in [1.82, 2.24) is 14.7 Å². The molecule has 10 nitrogen and oxygen atoms in total. The Bertz CT molecular complexity index is 1090. The second-order valence-electron chi connectivity index (χ2n) is 9.30. The van der Waals surface area contributed by atoms with E-state index in [1.54, 1.807) is 60.5 Å². The van der Waals surface area contributed by atoms with Gasteiger partial charge in [0.05, 0.1) is 44.0 Å². The molecule has 2 aromatic carbocycles. The van der Waals surface area contributed by atoms with Gasteiger partial charge in [0, 0.05) is 44.8 Å². The lowest BCUT2D eigenvalue weighted by Crippen LogP contribution is -2.60. The van der Waals surface area contributed by atoms with Crippen LogP contribution >= 0.6 is 0 Å². The van der Waals surface area contributed by atoms with Crippen molar-refractivity contribution < 1.29 is 23.8 Å². The minimum Gasteiger partial charge on any atom is -0.497 e. The molecule has 2 amide bonds. The van der Waals surface area contributed by atoms with Crippen LogP contribution in [0.2, 0.25) is 0 Å². The summed E-state index contributed by atoms with van der Waals surface area (Å²) >= 11 is 0. The molecule has 0 spiro atoms. The van der Waals surface area contributed by atoms with Gasteiger partial charge in [-0.3, -0.25) is 14.6 Å². The molecule has 0 radical (unpaired) electrons. The summed E-state index contributed by atoms with van der Waals surface area (Å²) < 4.78 is 17.0. The standard InChI is InChI=1S/C27H33N5O5/c1-35-22-8-4-21(5-9-22)26(33)19-31-17-24-15-30(16-25(18-31)37-24)10-11-32(27(29)34)12-13-36-23-6-2-20(14-28)3-7-23/h2-9,24-25H,10-13,15-19H2,1H3,(H2,29,34). The van der Waals surface area contributed by atoms with E-state index in [4.69, 9.17) is 25.2 Å². The number of methoxy groups -OCH3 is 1. The Labute approximate surface area is 217 Å². The number of Topliss-reactive ketones (excluding diaryl/α,β-unsaturated/α-hetero) is 1. The molecule has 2 aliphatic heterocycles. The van der Waals surface area contributed by atoms with Crippen LogP contribution < -0.4 is 15.2 Å². The van der Waals surface area contributed by atoms with Crippen LogP contribution in [0.1, 0.15) is 15.9 Å². The Balaban J connectivity index is 1.21. The zero-order valence-corrected chi connectivity index (χ0v) is 21.0. The number of fused-ring (bicyclic) bond motifs is 2. The number of benzene rings is 2. The van der Waals surface area contributed by atoms with E-state index in [2.05, 4.69) is 15.9 Å². The molecule has 0 saturated carbocycles. The first-order chi connectivity index (χ1) is 17.9. The molecule has 37 heavy (non-hydrogen) atoms. The van der Waals surface area contributed by atoms with Crippen molar-refractivity contribution in [3.8, 4) is 17.6 Å². The van der Waals surface area contributed by atoms with Gasteiger partial charge in [-0.25, -0.2) is 4.79 Å². The smallest absolute Gasteiger partial charge is 0.314 e. The highest BCUT2D eigenvalue weighted by atomic mass is 16.5. The summed E-state index contributed by atoms with van der Waals surface area (Å²) in [5.74, 6) is 1.45. The summed E-state index contributed by atoms with van der Waals surface area (Å²) in [5.41, 5.74) is 6.83. The van der Waals surface area contributed by atoms with E-state index in [0.717, 1.165) is 18.8 Å². The number of nitriles is 1. The van der Waals surface area contributed by atoms with Gasteiger partial charge in [-0.05, 0) is 48.5 Å². The number of ether oxygens (including phenoxy) is 3. The molecular formula is C27H33N5O5. The quantitative estimate of drug-likeness (QED) is 0.455. The Morgan fingerprint density at radius 2 is 1.62 bits per heavy atom. The molecule has 2 aliphatic rings. The molecule has 196 valence electrons. The van der Waals surface area contributed by atoms with Crippen molar-refractivity contribution >= 4 is 11.8 Å².